The smallest absolute Gasteiger partial charge is 0.336 e. The number of aromatic carboxylic acids is 1. The minimum absolute atomic E-state index is 0.0456. The number of aliphatic carboxylic acids is 1. The largest absolute Gasteiger partial charge is 0.481 e. The highest BCUT2D eigenvalue weighted by Gasteiger charge is 2.39. The predicted molar refractivity (Wildman–Crippen MR) is 71.0 cm³/mol. The molecule has 5 heteroatoms. The molecular formula is C13H15BrO4. The van der Waals surface area contributed by atoms with Gasteiger partial charge >= 0.3 is 11.9 Å². The van der Waals surface area contributed by atoms with Gasteiger partial charge in [0.25, 0.3) is 0 Å². The van der Waals surface area contributed by atoms with Gasteiger partial charge in [0, 0.05) is 4.47 Å². The third-order valence-electron chi connectivity index (χ3n) is 3.34. The maximum atomic E-state index is 11.6. The van der Waals surface area contributed by atoms with Crippen LogP contribution < -0.4 is 0 Å². The standard InChI is InChI=1S/C13H15BrO4/c1-3-13(4-2,12(17)18)10-7-8(14)5-6-9(10)11(15)16/h5-7H,3-4H2,1-2H3,(H,15,16)(H,17,18). The van der Waals surface area contributed by atoms with E-state index in [-0.39, 0.29) is 5.56 Å². The topological polar surface area (TPSA) is 74.6 Å². The van der Waals surface area contributed by atoms with E-state index < -0.39 is 17.4 Å². The fourth-order valence-electron chi connectivity index (χ4n) is 2.15. The van der Waals surface area contributed by atoms with Crippen molar-refractivity contribution in [2.45, 2.75) is 32.1 Å². The van der Waals surface area contributed by atoms with Crippen LogP contribution in [0.5, 0.6) is 0 Å². The van der Waals surface area contributed by atoms with Crippen LogP contribution in [0.2, 0.25) is 0 Å². The van der Waals surface area contributed by atoms with E-state index in [1.165, 1.54) is 6.07 Å². The maximum Gasteiger partial charge on any atom is 0.336 e. The zero-order chi connectivity index (χ0) is 13.9. The van der Waals surface area contributed by atoms with Gasteiger partial charge in [0.05, 0.1) is 11.0 Å². The van der Waals surface area contributed by atoms with Gasteiger partial charge < -0.3 is 10.2 Å². The van der Waals surface area contributed by atoms with E-state index in [9.17, 15) is 19.8 Å². The second-order valence-electron chi connectivity index (χ2n) is 4.09. The Hall–Kier alpha value is -1.36. The lowest BCUT2D eigenvalue weighted by molar-refractivity contribution is -0.144. The Morgan fingerprint density at radius 3 is 2.17 bits per heavy atom. The van der Waals surface area contributed by atoms with E-state index in [0.29, 0.717) is 22.9 Å². The zero-order valence-corrected chi connectivity index (χ0v) is 11.8. The fraction of sp³-hybridized carbons (Fsp3) is 0.385. The first-order valence-electron chi connectivity index (χ1n) is 5.65. The van der Waals surface area contributed by atoms with E-state index in [2.05, 4.69) is 15.9 Å². The van der Waals surface area contributed by atoms with E-state index >= 15 is 0 Å². The summed E-state index contributed by atoms with van der Waals surface area (Å²) >= 11 is 3.26. The predicted octanol–water partition coefficient (Wildman–Crippen LogP) is 3.29. The molecular weight excluding hydrogens is 300 g/mol. The first kappa shape index (κ1) is 14.7. The number of carboxylic acid groups (broad SMARTS) is 2. The molecule has 0 aliphatic rings. The van der Waals surface area contributed by atoms with Crippen LogP contribution in [0.25, 0.3) is 0 Å². The molecule has 0 aromatic heterocycles. The molecule has 1 aromatic carbocycles. The summed E-state index contributed by atoms with van der Waals surface area (Å²) in [6.45, 7) is 3.51. The lowest BCUT2D eigenvalue weighted by Gasteiger charge is -2.28. The van der Waals surface area contributed by atoms with E-state index in [0.717, 1.165) is 0 Å². The van der Waals surface area contributed by atoms with Crippen molar-refractivity contribution in [3.8, 4) is 0 Å². The number of hydrogen-bond donors (Lipinski definition) is 2. The van der Waals surface area contributed by atoms with E-state index in [1.807, 2.05) is 0 Å². The van der Waals surface area contributed by atoms with Crippen LogP contribution in [0.15, 0.2) is 22.7 Å². The molecule has 0 radical (unpaired) electrons. The van der Waals surface area contributed by atoms with Crippen molar-refractivity contribution in [2.24, 2.45) is 0 Å². The summed E-state index contributed by atoms with van der Waals surface area (Å²) in [6.07, 6.45) is 0.686. The van der Waals surface area contributed by atoms with Gasteiger partial charge in [-0.2, -0.15) is 0 Å². The van der Waals surface area contributed by atoms with Gasteiger partial charge in [-0.05, 0) is 36.6 Å². The normalized spacial score (nSPS) is 11.3. The molecule has 0 aliphatic carbocycles. The summed E-state index contributed by atoms with van der Waals surface area (Å²) in [4.78, 5) is 22.8. The Morgan fingerprint density at radius 2 is 1.78 bits per heavy atom. The number of halogens is 1. The van der Waals surface area contributed by atoms with Crippen molar-refractivity contribution in [3.05, 3.63) is 33.8 Å². The molecule has 98 valence electrons. The molecule has 0 aliphatic heterocycles. The second-order valence-corrected chi connectivity index (χ2v) is 5.01. The Kier molecular flexibility index (Phi) is 4.51. The Morgan fingerprint density at radius 1 is 1.22 bits per heavy atom. The Bertz CT molecular complexity index is 478. The molecule has 2 N–H and O–H groups in total. The molecule has 0 atom stereocenters. The molecule has 1 aromatic rings. The summed E-state index contributed by atoms with van der Waals surface area (Å²) < 4.78 is 0.676. The SMILES string of the molecule is CCC(CC)(C(=O)O)c1cc(Br)ccc1C(=O)O. The van der Waals surface area contributed by atoms with Gasteiger partial charge in [-0.25, -0.2) is 4.79 Å². The van der Waals surface area contributed by atoms with E-state index in [1.54, 1.807) is 26.0 Å². The molecule has 0 heterocycles. The fourth-order valence-corrected chi connectivity index (χ4v) is 2.51. The van der Waals surface area contributed by atoms with Gasteiger partial charge in [0.2, 0.25) is 0 Å². The van der Waals surface area contributed by atoms with Crippen LogP contribution in [0.1, 0.15) is 42.6 Å². The van der Waals surface area contributed by atoms with Crippen LogP contribution in [0.3, 0.4) is 0 Å². The minimum Gasteiger partial charge on any atom is -0.481 e. The van der Waals surface area contributed by atoms with Crippen LogP contribution in [0, 0.1) is 0 Å². The highest BCUT2D eigenvalue weighted by Crippen LogP contribution is 2.36. The summed E-state index contributed by atoms with van der Waals surface area (Å²) in [5.41, 5.74) is -0.761. The van der Waals surface area contributed by atoms with Crippen molar-refractivity contribution in [3.63, 3.8) is 0 Å². The number of benzene rings is 1. The molecule has 18 heavy (non-hydrogen) atoms. The zero-order valence-electron chi connectivity index (χ0n) is 10.2. The lowest BCUT2D eigenvalue weighted by atomic mass is 9.74. The van der Waals surface area contributed by atoms with Gasteiger partial charge in [0.15, 0.2) is 0 Å². The first-order chi connectivity index (χ1) is 8.39. The second kappa shape index (κ2) is 5.52. The first-order valence-corrected chi connectivity index (χ1v) is 6.45. The molecule has 0 unspecified atom stereocenters. The van der Waals surface area contributed by atoms with Gasteiger partial charge in [-0.3, -0.25) is 4.79 Å². The Labute approximate surface area is 114 Å². The van der Waals surface area contributed by atoms with Crippen molar-refractivity contribution in [1.82, 2.24) is 0 Å². The minimum atomic E-state index is -1.16. The average molecular weight is 315 g/mol. The van der Waals surface area contributed by atoms with Crippen molar-refractivity contribution < 1.29 is 19.8 Å². The van der Waals surface area contributed by atoms with Crippen LogP contribution >= 0.6 is 15.9 Å². The molecule has 0 spiro atoms. The maximum absolute atomic E-state index is 11.6. The number of rotatable bonds is 5. The summed E-state index contributed by atoms with van der Waals surface area (Å²) in [5.74, 6) is -2.10. The van der Waals surface area contributed by atoms with Crippen LogP contribution in [-0.4, -0.2) is 22.2 Å². The molecule has 1 rings (SSSR count). The highest BCUT2D eigenvalue weighted by molar-refractivity contribution is 9.10. The van der Waals surface area contributed by atoms with E-state index in [4.69, 9.17) is 0 Å². The highest BCUT2D eigenvalue weighted by atomic mass is 79.9. The number of carboxylic acids is 2. The van der Waals surface area contributed by atoms with Crippen molar-refractivity contribution >= 4 is 27.9 Å². The van der Waals surface area contributed by atoms with Crippen molar-refractivity contribution in [2.75, 3.05) is 0 Å². The molecule has 0 saturated carbocycles. The molecule has 0 saturated heterocycles. The quantitative estimate of drug-likeness (QED) is 0.874. The summed E-state index contributed by atoms with van der Waals surface area (Å²) in [6, 6.07) is 4.63. The van der Waals surface area contributed by atoms with Gasteiger partial charge in [-0.15, -0.1) is 0 Å². The molecule has 4 nitrogen and oxygen atoms in total. The van der Waals surface area contributed by atoms with Crippen molar-refractivity contribution in [1.29, 1.82) is 0 Å². The number of hydrogen-bond acceptors (Lipinski definition) is 2. The monoisotopic (exact) mass is 314 g/mol. The van der Waals surface area contributed by atoms with Crippen LogP contribution in [-0.2, 0) is 10.2 Å². The summed E-state index contributed by atoms with van der Waals surface area (Å²) in [5, 5.41) is 18.7. The van der Waals surface area contributed by atoms with Gasteiger partial charge in [0.1, 0.15) is 0 Å². The average Bonchev–Trinajstić information content (AvgIpc) is 2.30. The summed E-state index contributed by atoms with van der Waals surface area (Å²) in [7, 11) is 0. The third kappa shape index (κ3) is 2.41. The third-order valence-corrected chi connectivity index (χ3v) is 3.84. The molecule has 0 bridgehead atoms. The molecule has 0 amide bonds. The molecule has 0 fully saturated rings. The van der Waals surface area contributed by atoms with Gasteiger partial charge in [-0.1, -0.05) is 29.8 Å². The van der Waals surface area contributed by atoms with Crippen LogP contribution in [0.4, 0.5) is 0 Å². The Balaban J connectivity index is 3.58. The lowest BCUT2D eigenvalue weighted by Crippen LogP contribution is -2.36. The number of carbonyl (C=O) groups is 2.